The molecule has 0 atom stereocenters. The molecular weight excluding hydrogens is 238 g/mol. The van der Waals surface area contributed by atoms with E-state index in [9.17, 15) is 4.79 Å². The molecule has 1 N–H and O–H groups in total. The van der Waals surface area contributed by atoms with Crippen molar-refractivity contribution < 1.29 is 4.79 Å². The monoisotopic (exact) mass is 261 g/mol. The second kappa shape index (κ2) is 5.76. The normalized spacial score (nSPS) is 21.4. The number of aromatic nitrogens is 2. The molecule has 1 amide bonds. The molecule has 0 unspecified atom stereocenters. The Bertz CT molecular complexity index is 403. The third-order valence-electron chi connectivity index (χ3n) is 4.80. The Morgan fingerprint density at radius 2 is 2.11 bits per heavy atom. The summed E-state index contributed by atoms with van der Waals surface area (Å²) >= 11 is 0. The Hall–Kier alpha value is -1.32. The maximum atomic E-state index is 12.1. The molecule has 1 saturated heterocycles. The van der Waals surface area contributed by atoms with Gasteiger partial charge in [-0.15, -0.1) is 0 Å². The van der Waals surface area contributed by atoms with E-state index in [0.29, 0.717) is 11.8 Å². The minimum atomic E-state index is 0.370. The maximum Gasteiger partial charge on any atom is 0.222 e. The number of imidazole rings is 1. The van der Waals surface area contributed by atoms with Crippen molar-refractivity contribution in [1.82, 2.24) is 14.9 Å². The predicted molar refractivity (Wildman–Crippen MR) is 73.7 cm³/mol. The quantitative estimate of drug-likeness (QED) is 0.906. The average molecular weight is 261 g/mol. The summed E-state index contributed by atoms with van der Waals surface area (Å²) in [5.74, 6) is 1.76. The zero-order chi connectivity index (χ0) is 13.1. The number of carbonyl (C=O) groups excluding carboxylic acids is 1. The van der Waals surface area contributed by atoms with Gasteiger partial charge in [-0.25, -0.2) is 4.98 Å². The Balaban J connectivity index is 1.42. The van der Waals surface area contributed by atoms with Gasteiger partial charge in [-0.05, 0) is 25.2 Å². The van der Waals surface area contributed by atoms with E-state index in [1.165, 1.54) is 25.0 Å². The van der Waals surface area contributed by atoms with E-state index in [1.54, 1.807) is 6.33 Å². The minimum Gasteiger partial charge on any atom is -0.348 e. The third-order valence-corrected chi connectivity index (χ3v) is 4.80. The van der Waals surface area contributed by atoms with E-state index in [0.717, 1.165) is 44.7 Å². The molecule has 1 aromatic heterocycles. The van der Waals surface area contributed by atoms with Crippen molar-refractivity contribution in [2.75, 3.05) is 13.1 Å². The number of nitrogens with one attached hydrogen (secondary N) is 1. The highest BCUT2D eigenvalue weighted by atomic mass is 16.2. The van der Waals surface area contributed by atoms with Gasteiger partial charge in [-0.2, -0.15) is 0 Å². The summed E-state index contributed by atoms with van der Waals surface area (Å²) in [6.45, 7) is 1.82. The fraction of sp³-hybridized carbons (Fsp3) is 0.733. The van der Waals surface area contributed by atoms with Crippen LogP contribution in [-0.2, 0) is 4.79 Å². The molecule has 2 heterocycles. The molecule has 1 aromatic rings. The largest absolute Gasteiger partial charge is 0.348 e. The fourth-order valence-electron chi connectivity index (χ4n) is 3.20. The van der Waals surface area contributed by atoms with Crippen molar-refractivity contribution in [1.29, 1.82) is 0 Å². The molecule has 1 saturated carbocycles. The molecule has 19 heavy (non-hydrogen) atoms. The molecule has 3 rings (SSSR count). The summed E-state index contributed by atoms with van der Waals surface area (Å²) < 4.78 is 0. The highest BCUT2D eigenvalue weighted by Gasteiger charge is 2.25. The van der Waals surface area contributed by atoms with Crippen molar-refractivity contribution in [3.8, 4) is 0 Å². The van der Waals surface area contributed by atoms with E-state index in [1.807, 2.05) is 6.20 Å². The van der Waals surface area contributed by atoms with Crippen LogP contribution in [0.5, 0.6) is 0 Å². The number of H-pyrrole nitrogens is 1. The van der Waals surface area contributed by atoms with Crippen LogP contribution in [0.2, 0.25) is 0 Å². The van der Waals surface area contributed by atoms with Crippen molar-refractivity contribution in [3.05, 3.63) is 18.2 Å². The van der Waals surface area contributed by atoms with Gasteiger partial charge in [0, 0.05) is 37.3 Å². The molecule has 1 aliphatic carbocycles. The predicted octanol–water partition coefficient (Wildman–Crippen LogP) is 2.70. The van der Waals surface area contributed by atoms with Crippen LogP contribution in [0.1, 0.15) is 56.6 Å². The van der Waals surface area contributed by atoms with Crippen LogP contribution in [-0.4, -0.2) is 33.9 Å². The second-order valence-electron chi connectivity index (χ2n) is 6.00. The van der Waals surface area contributed by atoms with Gasteiger partial charge < -0.3 is 9.88 Å². The zero-order valence-electron chi connectivity index (χ0n) is 11.5. The number of aromatic amines is 1. The number of hydrogen-bond donors (Lipinski definition) is 1. The van der Waals surface area contributed by atoms with Crippen molar-refractivity contribution >= 4 is 5.91 Å². The lowest BCUT2D eigenvalue weighted by Crippen LogP contribution is -2.38. The lowest BCUT2D eigenvalue weighted by Gasteiger charge is -2.32. The number of amides is 1. The zero-order valence-corrected chi connectivity index (χ0v) is 11.5. The van der Waals surface area contributed by atoms with E-state index in [4.69, 9.17) is 0 Å². The first-order chi connectivity index (χ1) is 9.33. The molecular formula is C15H23N3O. The lowest BCUT2D eigenvalue weighted by atomic mass is 9.82. The molecule has 2 fully saturated rings. The fourth-order valence-corrected chi connectivity index (χ4v) is 3.20. The second-order valence-corrected chi connectivity index (χ2v) is 6.00. The number of likely N-dealkylation sites (tertiary alicyclic amines) is 1. The van der Waals surface area contributed by atoms with Crippen LogP contribution in [0.3, 0.4) is 0 Å². The first-order valence-electron chi connectivity index (χ1n) is 7.59. The van der Waals surface area contributed by atoms with Gasteiger partial charge in [0.1, 0.15) is 0 Å². The molecule has 0 aromatic carbocycles. The van der Waals surface area contributed by atoms with E-state index in [-0.39, 0.29) is 0 Å². The minimum absolute atomic E-state index is 0.370. The van der Waals surface area contributed by atoms with Gasteiger partial charge in [-0.1, -0.05) is 19.3 Å². The summed E-state index contributed by atoms with van der Waals surface area (Å²) in [5, 5.41) is 0. The van der Waals surface area contributed by atoms with Crippen LogP contribution in [0.15, 0.2) is 12.5 Å². The maximum absolute atomic E-state index is 12.1. The van der Waals surface area contributed by atoms with Crippen LogP contribution >= 0.6 is 0 Å². The number of rotatable bonds is 4. The number of hydrogen-bond acceptors (Lipinski definition) is 2. The smallest absolute Gasteiger partial charge is 0.222 e. The summed E-state index contributed by atoms with van der Waals surface area (Å²) in [6, 6.07) is 0. The molecule has 2 aliphatic rings. The van der Waals surface area contributed by atoms with Gasteiger partial charge in [-0.3, -0.25) is 4.79 Å². The average Bonchev–Trinajstić information content (AvgIpc) is 2.91. The molecule has 4 heteroatoms. The molecule has 1 aliphatic heterocycles. The van der Waals surface area contributed by atoms with Crippen molar-refractivity contribution in [2.45, 2.75) is 50.9 Å². The summed E-state index contributed by atoms with van der Waals surface area (Å²) in [4.78, 5) is 21.5. The lowest BCUT2D eigenvalue weighted by molar-refractivity contribution is -0.132. The van der Waals surface area contributed by atoms with Gasteiger partial charge in [0.2, 0.25) is 5.91 Å². The molecule has 0 bridgehead atoms. The van der Waals surface area contributed by atoms with E-state index in [2.05, 4.69) is 14.9 Å². The van der Waals surface area contributed by atoms with Gasteiger partial charge in [0.25, 0.3) is 0 Å². The topological polar surface area (TPSA) is 49.0 Å². The van der Waals surface area contributed by atoms with Crippen LogP contribution < -0.4 is 0 Å². The van der Waals surface area contributed by atoms with Gasteiger partial charge in [0.05, 0.1) is 6.33 Å². The molecule has 0 radical (unpaired) electrons. The summed E-state index contributed by atoms with van der Waals surface area (Å²) in [7, 11) is 0. The molecule has 0 spiro atoms. The van der Waals surface area contributed by atoms with Crippen LogP contribution in [0, 0.1) is 5.92 Å². The van der Waals surface area contributed by atoms with Crippen molar-refractivity contribution in [2.24, 2.45) is 5.92 Å². The Labute approximate surface area is 114 Å². The summed E-state index contributed by atoms with van der Waals surface area (Å²) in [5.41, 5.74) is 1.22. The first-order valence-corrected chi connectivity index (χ1v) is 7.59. The van der Waals surface area contributed by atoms with Gasteiger partial charge in [0.15, 0.2) is 0 Å². The number of nitrogens with zero attached hydrogens (tertiary/aromatic N) is 2. The Morgan fingerprint density at radius 1 is 1.32 bits per heavy atom. The van der Waals surface area contributed by atoms with Crippen LogP contribution in [0.4, 0.5) is 0 Å². The van der Waals surface area contributed by atoms with Crippen molar-refractivity contribution in [3.63, 3.8) is 0 Å². The standard InChI is InChI=1S/C15H23N3O/c19-15(5-4-12-2-1-3-12)18-8-6-13(7-9-18)14-10-16-11-17-14/h10-13H,1-9H2,(H,16,17). The first kappa shape index (κ1) is 12.7. The highest BCUT2D eigenvalue weighted by molar-refractivity contribution is 5.76. The number of piperidine rings is 1. The highest BCUT2D eigenvalue weighted by Crippen LogP contribution is 2.31. The number of carbonyl (C=O) groups is 1. The Kier molecular flexibility index (Phi) is 3.85. The third kappa shape index (κ3) is 2.99. The Morgan fingerprint density at radius 3 is 2.68 bits per heavy atom. The van der Waals surface area contributed by atoms with E-state index >= 15 is 0 Å². The molecule has 4 nitrogen and oxygen atoms in total. The summed E-state index contributed by atoms with van der Waals surface area (Å²) in [6.07, 6.45) is 11.7. The SMILES string of the molecule is O=C(CCC1CCC1)N1CCC(c2cnc[nH]2)CC1. The van der Waals surface area contributed by atoms with E-state index < -0.39 is 0 Å². The van der Waals surface area contributed by atoms with Gasteiger partial charge >= 0.3 is 0 Å². The molecule has 104 valence electrons. The van der Waals surface area contributed by atoms with Crippen LogP contribution in [0.25, 0.3) is 0 Å².